The van der Waals surface area contributed by atoms with Crippen molar-refractivity contribution in [2.45, 2.75) is 0 Å². The maximum Gasteiger partial charge on any atom is 0.421 e. The lowest BCUT2D eigenvalue weighted by Crippen LogP contribution is -2.26. The van der Waals surface area contributed by atoms with Crippen LogP contribution in [-0.2, 0) is 32.9 Å². The van der Waals surface area contributed by atoms with Gasteiger partial charge in [-0.25, -0.2) is 18.3 Å². The molecule has 4 aromatic rings. The molecule has 0 unspecified atom stereocenters. The third kappa shape index (κ3) is 7.35. The fourth-order valence-corrected chi connectivity index (χ4v) is 3.96. The topological polar surface area (TPSA) is 82.8 Å². The van der Waals surface area contributed by atoms with Crippen molar-refractivity contribution in [1.82, 2.24) is 9.13 Å². The second-order valence-electron chi connectivity index (χ2n) is 9.53. The smallest absolute Gasteiger partial charge is 0.378 e. The fraction of sp³-hybridized carbons (Fsp3) is 0.357. The molecule has 0 saturated heterocycles. The summed E-state index contributed by atoms with van der Waals surface area (Å²) in [6, 6.07) is 16.1. The molecule has 0 atom stereocenters. The molecule has 0 spiro atoms. The lowest BCUT2D eigenvalue weighted by Gasteiger charge is -2.21. The fourth-order valence-electron chi connectivity index (χ4n) is 3.96. The van der Waals surface area contributed by atoms with Gasteiger partial charge in [0, 0.05) is 48.8 Å². The molecular formula is C28H38N10O+2. The summed E-state index contributed by atoms with van der Waals surface area (Å²) in [5, 5.41) is 17.4. The number of benzene rings is 2. The first-order valence-electron chi connectivity index (χ1n) is 12.9. The molecule has 11 nitrogen and oxygen atoms in total. The van der Waals surface area contributed by atoms with E-state index < -0.39 is 0 Å². The summed E-state index contributed by atoms with van der Waals surface area (Å²) >= 11 is 0. The van der Waals surface area contributed by atoms with Crippen molar-refractivity contribution in [2.75, 3.05) is 50.2 Å². The van der Waals surface area contributed by atoms with Crippen molar-refractivity contribution >= 4 is 34.6 Å². The molecule has 0 aliphatic heterocycles. The molecule has 2 aromatic heterocycles. The van der Waals surface area contributed by atoms with Gasteiger partial charge in [-0.3, -0.25) is 0 Å². The summed E-state index contributed by atoms with van der Waals surface area (Å²) in [6.07, 6.45) is 7.80. The molecule has 204 valence electrons. The molecule has 4 rings (SSSR count). The maximum atomic E-state index is 5.91. The van der Waals surface area contributed by atoms with Crippen LogP contribution < -0.4 is 18.9 Å². The number of hydrogen-bond acceptors (Lipinski definition) is 7. The summed E-state index contributed by atoms with van der Waals surface area (Å²) in [6.45, 7) is 2.88. The first kappa shape index (κ1) is 27.6. The highest BCUT2D eigenvalue weighted by Crippen LogP contribution is 2.22. The highest BCUT2D eigenvalue weighted by atomic mass is 16.5. The number of aromatic nitrogens is 4. The number of imidazole rings is 2. The van der Waals surface area contributed by atoms with E-state index in [0.29, 0.717) is 13.2 Å². The van der Waals surface area contributed by atoms with Gasteiger partial charge in [-0.2, -0.15) is 0 Å². The van der Waals surface area contributed by atoms with E-state index in [2.05, 4.69) is 68.6 Å². The van der Waals surface area contributed by atoms with E-state index in [0.717, 1.165) is 47.7 Å². The van der Waals surface area contributed by atoms with Gasteiger partial charge in [0.2, 0.25) is 0 Å². The van der Waals surface area contributed by atoms with Crippen LogP contribution in [-0.4, -0.2) is 49.5 Å². The van der Waals surface area contributed by atoms with E-state index in [4.69, 9.17) is 4.74 Å². The van der Waals surface area contributed by atoms with Gasteiger partial charge >= 0.3 is 11.9 Å². The molecule has 0 bridgehead atoms. The standard InChI is InChI=1S/C28H38N10O/c1-33(25-11-7-23(8-12-25)29-31-27-35(3)15-16-36(27)4)19-21-39-22-20-34(2)26-13-9-24(10-14-26)30-32-28-37(5)17-18-38(28)6/h7-18H,19-22H2,1-6H3/q+2. The van der Waals surface area contributed by atoms with Crippen molar-refractivity contribution < 1.29 is 13.9 Å². The number of anilines is 2. The van der Waals surface area contributed by atoms with Gasteiger partial charge in [0.1, 0.15) is 11.4 Å². The quantitative estimate of drug-likeness (QED) is 0.154. The Labute approximate surface area is 229 Å². The van der Waals surface area contributed by atoms with Crippen LogP contribution in [0.4, 0.5) is 34.6 Å². The largest absolute Gasteiger partial charge is 0.421 e. The minimum Gasteiger partial charge on any atom is -0.378 e. The molecule has 0 aliphatic carbocycles. The Morgan fingerprint density at radius 1 is 0.641 bits per heavy atom. The Balaban J connectivity index is 1.17. The van der Waals surface area contributed by atoms with Gasteiger partial charge < -0.3 is 14.5 Å². The number of nitrogens with zero attached hydrogens (tertiary/aromatic N) is 10. The number of ether oxygens (including phenoxy) is 1. The minimum atomic E-state index is 0.645. The van der Waals surface area contributed by atoms with E-state index in [1.165, 1.54) is 0 Å². The average Bonchev–Trinajstić information content (AvgIpc) is 3.44. The van der Waals surface area contributed by atoms with Gasteiger partial charge in [-0.05, 0) is 48.5 Å². The van der Waals surface area contributed by atoms with Crippen LogP contribution in [0, 0.1) is 0 Å². The first-order valence-corrected chi connectivity index (χ1v) is 12.9. The van der Waals surface area contributed by atoms with Crippen LogP contribution in [0.2, 0.25) is 0 Å². The molecule has 11 heteroatoms. The summed E-state index contributed by atoms with van der Waals surface area (Å²) in [4.78, 5) is 4.34. The van der Waals surface area contributed by atoms with Gasteiger partial charge in [-0.1, -0.05) is 10.2 Å². The van der Waals surface area contributed by atoms with Crippen LogP contribution in [0.5, 0.6) is 0 Å². The highest BCUT2D eigenvalue weighted by molar-refractivity contribution is 5.53. The van der Waals surface area contributed by atoms with Crippen molar-refractivity contribution in [2.24, 2.45) is 48.6 Å². The summed E-state index contributed by atoms with van der Waals surface area (Å²) in [7, 11) is 11.9. The molecule has 2 aromatic carbocycles. The Bertz CT molecular complexity index is 1260. The van der Waals surface area contributed by atoms with E-state index in [9.17, 15) is 0 Å². The average molecular weight is 531 g/mol. The second-order valence-corrected chi connectivity index (χ2v) is 9.53. The first-order chi connectivity index (χ1) is 18.8. The van der Waals surface area contributed by atoms with E-state index >= 15 is 0 Å². The Hall–Kier alpha value is -4.38. The normalized spacial score (nSPS) is 11.6. The molecule has 39 heavy (non-hydrogen) atoms. The zero-order valence-corrected chi connectivity index (χ0v) is 23.6. The third-order valence-corrected chi connectivity index (χ3v) is 6.52. The van der Waals surface area contributed by atoms with Crippen molar-refractivity contribution in [3.8, 4) is 0 Å². The number of rotatable bonds is 12. The van der Waals surface area contributed by atoms with Crippen LogP contribution in [0.15, 0.2) is 93.8 Å². The predicted octanol–water partition coefficient (Wildman–Crippen LogP) is 4.43. The molecule has 0 aliphatic rings. The number of likely N-dealkylation sites (N-methyl/N-ethyl adjacent to an activating group) is 2. The highest BCUT2D eigenvalue weighted by Gasteiger charge is 2.11. The Morgan fingerprint density at radius 3 is 1.36 bits per heavy atom. The van der Waals surface area contributed by atoms with Gasteiger partial charge in [-0.15, -0.1) is 0 Å². The van der Waals surface area contributed by atoms with Crippen LogP contribution in [0.3, 0.4) is 0 Å². The van der Waals surface area contributed by atoms with Crippen molar-refractivity contribution in [1.29, 1.82) is 0 Å². The summed E-state index contributed by atoms with van der Waals surface area (Å²) in [5.41, 5.74) is 3.84. The van der Waals surface area contributed by atoms with Gasteiger partial charge in [0.05, 0.1) is 66.2 Å². The van der Waals surface area contributed by atoms with Crippen LogP contribution in [0.25, 0.3) is 0 Å². The second kappa shape index (κ2) is 12.9. The summed E-state index contributed by atoms with van der Waals surface area (Å²) in [5.74, 6) is 1.58. The van der Waals surface area contributed by atoms with Gasteiger partial charge in [0.25, 0.3) is 0 Å². The number of aryl methyl sites for hydroxylation is 4. The zero-order valence-electron chi connectivity index (χ0n) is 23.6. The lowest BCUT2D eigenvalue weighted by molar-refractivity contribution is -0.657. The maximum absolute atomic E-state index is 5.91. The van der Waals surface area contributed by atoms with Crippen LogP contribution >= 0.6 is 0 Å². The minimum absolute atomic E-state index is 0.645. The van der Waals surface area contributed by atoms with Gasteiger partial charge in [0.15, 0.2) is 0 Å². The Kier molecular flexibility index (Phi) is 9.16. The van der Waals surface area contributed by atoms with E-state index in [1.54, 1.807) is 0 Å². The Morgan fingerprint density at radius 2 is 1.03 bits per heavy atom. The van der Waals surface area contributed by atoms with Crippen molar-refractivity contribution in [3.05, 3.63) is 73.3 Å². The molecule has 0 radical (unpaired) electrons. The van der Waals surface area contributed by atoms with Crippen molar-refractivity contribution in [3.63, 3.8) is 0 Å². The summed E-state index contributed by atoms with van der Waals surface area (Å²) < 4.78 is 13.6. The molecular weight excluding hydrogens is 492 g/mol. The zero-order chi connectivity index (χ0) is 27.8. The van der Waals surface area contributed by atoms with E-state index in [-0.39, 0.29) is 0 Å². The number of azo groups is 2. The van der Waals surface area contributed by atoms with Crippen LogP contribution in [0.1, 0.15) is 0 Å². The molecule has 0 saturated carbocycles. The SMILES string of the molecule is CN(CCOCCN(C)c1ccc(N=Nc2n(C)cc[n+]2C)cc1)c1ccc(N=Nc2n(C)cc[n+]2C)cc1. The molecule has 0 fully saturated rings. The molecule has 0 amide bonds. The molecule has 0 N–H and O–H groups in total. The lowest BCUT2D eigenvalue weighted by atomic mass is 10.2. The monoisotopic (exact) mass is 530 g/mol. The third-order valence-electron chi connectivity index (χ3n) is 6.52. The van der Waals surface area contributed by atoms with E-state index in [1.807, 2.05) is 95.5 Å². The predicted molar refractivity (Wildman–Crippen MR) is 152 cm³/mol. The number of hydrogen-bond donors (Lipinski definition) is 0. The molecule has 2 heterocycles.